The number of hydrogen-bond acceptors (Lipinski definition) is 5. The molecule has 2 aromatic carbocycles. The van der Waals surface area contributed by atoms with E-state index in [0.717, 1.165) is 17.5 Å². The van der Waals surface area contributed by atoms with E-state index in [9.17, 15) is 13.2 Å². The van der Waals surface area contributed by atoms with Crippen molar-refractivity contribution in [2.75, 3.05) is 31.1 Å². The van der Waals surface area contributed by atoms with Gasteiger partial charge in [-0.05, 0) is 68.7 Å². The van der Waals surface area contributed by atoms with E-state index in [1.807, 2.05) is 32.9 Å². The maximum Gasteiger partial charge on any atom is 0.261 e. The quantitative estimate of drug-likeness (QED) is 0.545. The molecule has 2 rings (SSSR count). The van der Waals surface area contributed by atoms with Crippen molar-refractivity contribution >= 4 is 21.6 Å². The minimum absolute atomic E-state index is 0.117. The number of hydrogen-bond donors (Lipinski definition) is 2. The summed E-state index contributed by atoms with van der Waals surface area (Å²) in [6.45, 7) is 7.30. The Morgan fingerprint density at radius 3 is 2.48 bits per heavy atom. The van der Waals surface area contributed by atoms with Crippen molar-refractivity contribution in [2.24, 2.45) is 0 Å². The monoisotopic (exact) mass is 420 g/mol. The van der Waals surface area contributed by atoms with Crippen molar-refractivity contribution in [3.05, 3.63) is 53.6 Å². The summed E-state index contributed by atoms with van der Waals surface area (Å²) in [5.74, 6) is 0.176. The molecule has 0 spiro atoms. The number of nitrogens with one attached hydrogen (secondary N) is 2. The first-order valence-electron chi connectivity index (χ1n) is 9.49. The van der Waals surface area contributed by atoms with Crippen molar-refractivity contribution in [3.63, 3.8) is 0 Å². The Kier molecular flexibility index (Phi) is 8.48. The SMILES string of the molecule is CCOCCCNC(=O)COc1ccc(S(=O)(=O)Nc2cc(C)ccc2C)cc1. The molecule has 0 saturated carbocycles. The second-order valence-corrected chi connectivity index (χ2v) is 8.27. The first-order valence-corrected chi connectivity index (χ1v) is 11.0. The van der Waals surface area contributed by atoms with Gasteiger partial charge in [0.2, 0.25) is 0 Å². The zero-order valence-corrected chi connectivity index (χ0v) is 17.8. The predicted molar refractivity (Wildman–Crippen MR) is 113 cm³/mol. The largest absolute Gasteiger partial charge is 0.484 e. The standard InChI is InChI=1S/C21H28N2O5S/c1-4-27-13-5-12-22-21(24)15-28-18-8-10-19(11-9-18)29(25,26)23-20-14-16(2)6-7-17(20)3/h6-11,14,23H,4-5,12-13,15H2,1-3H3,(H,22,24). The molecule has 0 unspecified atom stereocenters. The predicted octanol–water partition coefficient (Wildman–Crippen LogP) is 3.03. The van der Waals surface area contributed by atoms with Gasteiger partial charge in [0, 0.05) is 19.8 Å². The van der Waals surface area contributed by atoms with Gasteiger partial charge in [-0.3, -0.25) is 9.52 Å². The first kappa shape index (κ1) is 22.7. The summed E-state index contributed by atoms with van der Waals surface area (Å²) >= 11 is 0. The molecule has 8 heteroatoms. The van der Waals surface area contributed by atoms with Crippen LogP contribution in [0, 0.1) is 13.8 Å². The lowest BCUT2D eigenvalue weighted by atomic mass is 10.1. The normalized spacial score (nSPS) is 11.1. The van der Waals surface area contributed by atoms with Gasteiger partial charge in [-0.1, -0.05) is 12.1 Å². The van der Waals surface area contributed by atoms with Gasteiger partial charge in [0.1, 0.15) is 5.75 Å². The van der Waals surface area contributed by atoms with Crippen molar-refractivity contribution in [2.45, 2.75) is 32.1 Å². The number of anilines is 1. The molecule has 0 bridgehead atoms. The average Bonchev–Trinajstić information content (AvgIpc) is 2.69. The number of benzene rings is 2. The first-order chi connectivity index (χ1) is 13.8. The summed E-state index contributed by atoms with van der Waals surface area (Å²) in [7, 11) is -3.72. The molecule has 158 valence electrons. The summed E-state index contributed by atoms with van der Waals surface area (Å²) in [6, 6.07) is 11.5. The molecule has 0 aliphatic rings. The van der Waals surface area contributed by atoms with Crippen LogP contribution in [0.15, 0.2) is 47.4 Å². The highest BCUT2D eigenvalue weighted by atomic mass is 32.2. The third-order valence-corrected chi connectivity index (χ3v) is 5.51. The molecular formula is C21H28N2O5S. The second-order valence-electron chi connectivity index (χ2n) is 6.58. The lowest BCUT2D eigenvalue weighted by molar-refractivity contribution is -0.123. The van der Waals surface area contributed by atoms with Crippen LogP contribution in [0.2, 0.25) is 0 Å². The third kappa shape index (κ3) is 7.40. The van der Waals surface area contributed by atoms with E-state index in [1.54, 1.807) is 6.07 Å². The van der Waals surface area contributed by atoms with Gasteiger partial charge >= 0.3 is 0 Å². The molecule has 7 nitrogen and oxygen atoms in total. The van der Waals surface area contributed by atoms with Gasteiger partial charge in [-0.2, -0.15) is 0 Å². The molecule has 0 atom stereocenters. The summed E-state index contributed by atoms with van der Waals surface area (Å²) in [6.07, 6.45) is 0.736. The van der Waals surface area contributed by atoms with Crippen LogP contribution in [0.25, 0.3) is 0 Å². The number of amides is 1. The summed E-state index contributed by atoms with van der Waals surface area (Å²) in [4.78, 5) is 11.9. The summed E-state index contributed by atoms with van der Waals surface area (Å²) < 4.78 is 38.4. The molecule has 2 N–H and O–H groups in total. The Balaban J connectivity index is 1.89. The molecule has 2 aromatic rings. The Labute approximate surface area is 172 Å². The van der Waals surface area contributed by atoms with Crippen LogP contribution >= 0.6 is 0 Å². The van der Waals surface area contributed by atoms with Gasteiger partial charge in [0.05, 0.1) is 10.6 Å². The molecule has 1 amide bonds. The summed E-state index contributed by atoms with van der Waals surface area (Å²) in [5, 5.41) is 2.73. The van der Waals surface area contributed by atoms with Gasteiger partial charge < -0.3 is 14.8 Å². The number of carbonyl (C=O) groups excluding carboxylic acids is 1. The Hall–Kier alpha value is -2.58. The minimum atomic E-state index is -3.72. The number of rotatable bonds is 11. The van der Waals surface area contributed by atoms with Crippen LogP contribution in [-0.4, -0.2) is 40.7 Å². The molecule has 0 heterocycles. The highest BCUT2D eigenvalue weighted by Crippen LogP contribution is 2.22. The zero-order valence-electron chi connectivity index (χ0n) is 17.0. The topological polar surface area (TPSA) is 93.7 Å². The van der Waals surface area contributed by atoms with E-state index in [2.05, 4.69) is 10.0 Å². The molecule has 0 aromatic heterocycles. The van der Waals surface area contributed by atoms with Gasteiger partial charge in [-0.15, -0.1) is 0 Å². The van der Waals surface area contributed by atoms with Crippen LogP contribution < -0.4 is 14.8 Å². The van der Waals surface area contributed by atoms with Crippen LogP contribution in [0.3, 0.4) is 0 Å². The van der Waals surface area contributed by atoms with Gasteiger partial charge in [0.15, 0.2) is 6.61 Å². The molecule has 0 fully saturated rings. The van der Waals surface area contributed by atoms with E-state index in [0.29, 0.717) is 31.2 Å². The van der Waals surface area contributed by atoms with E-state index >= 15 is 0 Å². The van der Waals surface area contributed by atoms with Crippen LogP contribution in [0.5, 0.6) is 5.75 Å². The fourth-order valence-corrected chi connectivity index (χ4v) is 3.63. The fraction of sp³-hybridized carbons (Fsp3) is 0.381. The third-order valence-electron chi connectivity index (χ3n) is 4.13. The van der Waals surface area contributed by atoms with Gasteiger partial charge in [-0.25, -0.2) is 8.42 Å². The van der Waals surface area contributed by atoms with Crippen molar-refractivity contribution in [1.82, 2.24) is 5.32 Å². The fourth-order valence-electron chi connectivity index (χ4n) is 2.51. The van der Waals surface area contributed by atoms with E-state index in [-0.39, 0.29) is 17.4 Å². The highest BCUT2D eigenvalue weighted by Gasteiger charge is 2.15. The Bertz CT molecular complexity index is 911. The van der Waals surface area contributed by atoms with E-state index < -0.39 is 10.0 Å². The minimum Gasteiger partial charge on any atom is -0.484 e. The van der Waals surface area contributed by atoms with Crippen LogP contribution in [0.4, 0.5) is 5.69 Å². The Morgan fingerprint density at radius 2 is 1.79 bits per heavy atom. The highest BCUT2D eigenvalue weighted by molar-refractivity contribution is 7.92. The number of aryl methyl sites for hydroxylation is 2. The van der Waals surface area contributed by atoms with Gasteiger partial charge in [0.25, 0.3) is 15.9 Å². The molecule has 0 saturated heterocycles. The van der Waals surface area contributed by atoms with Crippen LogP contribution in [0.1, 0.15) is 24.5 Å². The smallest absolute Gasteiger partial charge is 0.261 e. The van der Waals surface area contributed by atoms with E-state index in [4.69, 9.17) is 9.47 Å². The second kappa shape index (κ2) is 10.8. The maximum atomic E-state index is 12.6. The molecular weight excluding hydrogens is 392 g/mol. The molecule has 29 heavy (non-hydrogen) atoms. The van der Waals surface area contributed by atoms with Crippen molar-refractivity contribution in [1.29, 1.82) is 0 Å². The lowest BCUT2D eigenvalue weighted by Crippen LogP contribution is -2.30. The van der Waals surface area contributed by atoms with Crippen LogP contribution in [-0.2, 0) is 19.6 Å². The number of ether oxygens (including phenoxy) is 2. The molecule has 0 aliphatic heterocycles. The molecule has 0 radical (unpaired) electrons. The zero-order chi connectivity index (χ0) is 21.3. The number of carbonyl (C=O) groups is 1. The summed E-state index contributed by atoms with van der Waals surface area (Å²) in [5.41, 5.74) is 2.35. The van der Waals surface area contributed by atoms with E-state index in [1.165, 1.54) is 24.3 Å². The Morgan fingerprint density at radius 1 is 1.07 bits per heavy atom. The van der Waals surface area contributed by atoms with Crippen molar-refractivity contribution in [3.8, 4) is 5.75 Å². The lowest BCUT2D eigenvalue weighted by Gasteiger charge is -2.12. The number of sulfonamides is 1. The average molecular weight is 421 g/mol. The maximum absolute atomic E-state index is 12.6. The van der Waals surface area contributed by atoms with Crippen molar-refractivity contribution < 1.29 is 22.7 Å². The molecule has 0 aliphatic carbocycles.